The molecule has 0 aliphatic carbocycles. The molecule has 1 aromatic rings. The van der Waals surface area contributed by atoms with E-state index in [9.17, 15) is 0 Å². The van der Waals surface area contributed by atoms with Gasteiger partial charge in [-0.15, -0.1) is 0 Å². The van der Waals surface area contributed by atoms with E-state index in [0.29, 0.717) is 0 Å². The van der Waals surface area contributed by atoms with Crippen LogP contribution in [0.3, 0.4) is 0 Å². The summed E-state index contributed by atoms with van der Waals surface area (Å²) in [7, 11) is 1.74. The van der Waals surface area contributed by atoms with Crippen LogP contribution in [0.15, 0.2) is 29.0 Å². The summed E-state index contributed by atoms with van der Waals surface area (Å²) in [6, 6.07) is 3.89. The fraction of sp³-hybridized carbons (Fsp3) is 0.167. The molecule has 2 nitrogen and oxygen atoms in total. The van der Waals surface area contributed by atoms with Gasteiger partial charge in [-0.3, -0.25) is 0 Å². The molecule has 0 aromatic carbocycles. The third kappa shape index (κ3) is 1.68. The molecule has 1 aromatic heterocycles. The van der Waals surface area contributed by atoms with Crippen LogP contribution in [0.2, 0.25) is 0 Å². The Morgan fingerprint density at radius 1 is 1.67 bits per heavy atom. The Labute approximate surface area is 62.6 Å². The second kappa shape index (κ2) is 2.82. The lowest BCUT2D eigenvalue weighted by Gasteiger charge is -2.02. The van der Waals surface area contributed by atoms with Crippen molar-refractivity contribution in [3.8, 4) is 0 Å². The van der Waals surface area contributed by atoms with Gasteiger partial charge in [0.15, 0.2) is 12.4 Å². The fourth-order valence-electron chi connectivity index (χ4n) is 0.560. The predicted octanol–water partition coefficient (Wildman–Crippen LogP) is 1.50. The molecule has 0 spiro atoms. The lowest BCUT2D eigenvalue weighted by Crippen LogP contribution is -2.26. The molecule has 0 fully saturated rings. The molecular weight excluding hydrogens is 180 g/mol. The van der Waals surface area contributed by atoms with Gasteiger partial charge in [-0.2, -0.15) is 0 Å². The van der Waals surface area contributed by atoms with Gasteiger partial charge < -0.3 is 5.43 Å². The Hall–Kier alpha value is -0.570. The van der Waals surface area contributed by atoms with Crippen molar-refractivity contribution in [2.45, 2.75) is 0 Å². The van der Waals surface area contributed by atoms with Crippen molar-refractivity contribution in [3.05, 3.63) is 34.4 Å². The zero-order valence-electron chi connectivity index (χ0n) is 5.08. The molecule has 0 saturated heterocycles. The summed E-state index contributed by atoms with van der Waals surface area (Å²) >= 11 is 3.32. The SMILES string of the molecule is C[N-][n+]1cccc(Br)c1. The van der Waals surface area contributed by atoms with E-state index < -0.39 is 0 Å². The zero-order chi connectivity index (χ0) is 6.69. The van der Waals surface area contributed by atoms with Crippen LogP contribution >= 0.6 is 15.9 Å². The molecule has 1 heterocycles. The van der Waals surface area contributed by atoms with Crippen LogP contribution in [-0.4, -0.2) is 7.05 Å². The third-order valence-corrected chi connectivity index (χ3v) is 1.45. The van der Waals surface area contributed by atoms with Gasteiger partial charge in [0.05, 0.1) is 4.47 Å². The number of nitrogens with zero attached hydrogens (tertiary/aromatic N) is 2. The predicted molar refractivity (Wildman–Crippen MR) is 39.0 cm³/mol. The van der Waals surface area contributed by atoms with Crippen LogP contribution in [0.4, 0.5) is 0 Å². The molecule has 0 unspecified atom stereocenters. The first-order valence-corrected chi connectivity index (χ1v) is 3.39. The first kappa shape index (κ1) is 6.55. The van der Waals surface area contributed by atoms with Crippen molar-refractivity contribution in [2.24, 2.45) is 0 Å². The van der Waals surface area contributed by atoms with E-state index >= 15 is 0 Å². The van der Waals surface area contributed by atoms with E-state index in [1.165, 1.54) is 0 Å². The van der Waals surface area contributed by atoms with Gasteiger partial charge >= 0.3 is 0 Å². The van der Waals surface area contributed by atoms with Crippen molar-refractivity contribution in [2.75, 3.05) is 7.05 Å². The average Bonchev–Trinajstić information content (AvgIpc) is 1.88. The van der Waals surface area contributed by atoms with Crippen molar-refractivity contribution < 1.29 is 4.68 Å². The maximum atomic E-state index is 3.92. The van der Waals surface area contributed by atoms with E-state index in [4.69, 9.17) is 0 Å². The Morgan fingerprint density at radius 3 is 2.89 bits per heavy atom. The smallest absolute Gasteiger partial charge is 0.178 e. The molecule has 0 radical (unpaired) electrons. The molecule has 0 atom stereocenters. The summed E-state index contributed by atoms with van der Waals surface area (Å²) in [5.74, 6) is 0. The Bertz CT molecular complexity index is 200. The van der Waals surface area contributed by atoms with Crippen LogP contribution in [0.5, 0.6) is 0 Å². The number of aromatic nitrogens is 1. The maximum absolute atomic E-state index is 3.92. The average molecular weight is 187 g/mol. The molecule has 9 heavy (non-hydrogen) atoms. The molecule has 0 N–H and O–H groups in total. The summed E-state index contributed by atoms with van der Waals surface area (Å²) in [6.45, 7) is 0. The molecule has 1 rings (SSSR count). The third-order valence-electron chi connectivity index (χ3n) is 0.981. The Kier molecular flexibility index (Phi) is 2.05. The first-order chi connectivity index (χ1) is 4.33. The molecule has 3 heteroatoms. The monoisotopic (exact) mass is 186 g/mol. The second-order valence-corrected chi connectivity index (χ2v) is 2.52. The van der Waals surface area contributed by atoms with Crippen molar-refractivity contribution >= 4 is 15.9 Å². The number of pyridine rings is 1. The quantitative estimate of drug-likeness (QED) is 0.593. The Balaban J connectivity index is 2.94. The van der Waals surface area contributed by atoms with Crippen LogP contribution in [0, 0.1) is 0 Å². The van der Waals surface area contributed by atoms with Gasteiger partial charge in [-0.05, 0) is 22.0 Å². The Morgan fingerprint density at radius 2 is 2.44 bits per heavy atom. The number of hydrogen-bond donors (Lipinski definition) is 0. The van der Waals surface area contributed by atoms with Crippen molar-refractivity contribution in [1.29, 1.82) is 0 Å². The maximum Gasteiger partial charge on any atom is 0.178 e. The summed E-state index contributed by atoms with van der Waals surface area (Å²) < 4.78 is 2.78. The lowest BCUT2D eigenvalue weighted by molar-refractivity contribution is -0.623. The highest BCUT2D eigenvalue weighted by molar-refractivity contribution is 9.10. The molecular formula is C6H7BrN2. The van der Waals surface area contributed by atoms with Crippen LogP contribution < -0.4 is 4.68 Å². The van der Waals surface area contributed by atoms with E-state index in [1.807, 2.05) is 24.5 Å². The minimum Gasteiger partial charge on any atom is -0.438 e. The van der Waals surface area contributed by atoms with E-state index in [-0.39, 0.29) is 0 Å². The highest BCUT2D eigenvalue weighted by Gasteiger charge is 1.88. The topological polar surface area (TPSA) is 18.0 Å². The minimum absolute atomic E-state index is 1.04. The second-order valence-electron chi connectivity index (χ2n) is 1.60. The minimum atomic E-state index is 1.04. The van der Waals surface area contributed by atoms with Gasteiger partial charge in [0.2, 0.25) is 0 Å². The number of rotatable bonds is 1. The molecule has 0 saturated carbocycles. The standard InChI is InChI=1S/C6H7BrN2/c1-8-9-4-2-3-6(7)5-9/h2-5H,1H3. The van der Waals surface area contributed by atoms with E-state index in [2.05, 4.69) is 21.4 Å². The van der Waals surface area contributed by atoms with Crippen LogP contribution in [-0.2, 0) is 0 Å². The van der Waals surface area contributed by atoms with Crippen molar-refractivity contribution in [1.82, 2.24) is 0 Å². The summed E-state index contributed by atoms with van der Waals surface area (Å²) in [6.07, 6.45) is 3.77. The van der Waals surface area contributed by atoms with Gasteiger partial charge in [0, 0.05) is 6.07 Å². The molecule has 0 amide bonds. The largest absolute Gasteiger partial charge is 0.438 e. The fourth-order valence-corrected chi connectivity index (χ4v) is 0.922. The van der Waals surface area contributed by atoms with E-state index in [0.717, 1.165) is 4.47 Å². The summed E-state index contributed by atoms with van der Waals surface area (Å²) in [5.41, 5.74) is 3.92. The number of hydrogen-bond acceptors (Lipinski definition) is 0. The highest BCUT2D eigenvalue weighted by atomic mass is 79.9. The van der Waals surface area contributed by atoms with Gasteiger partial charge in [-0.25, -0.2) is 4.68 Å². The van der Waals surface area contributed by atoms with Gasteiger partial charge in [0.1, 0.15) is 0 Å². The normalized spacial score (nSPS) is 9.11. The van der Waals surface area contributed by atoms with Gasteiger partial charge in [0.25, 0.3) is 0 Å². The first-order valence-electron chi connectivity index (χ1n) is 2.60. The highest BCUT2D eigenvalue weighted by Crippen LogP contribution is 2.02. The number of halogens is 1. The zero-order valence-corrected chi connectivity index (χ0v) is 6.67. The molecule has 0 aliphatic rings. The van der Waals surface area contributed by atoms with Crippen molar-refractivity contribution in [3.63, 3.8) is 0 Å². The molecule has 0 bridgehead atoms. The van der Waals surface area contributed by atoms with Crippen LogP contribution in [0.25, 0.3) is 5.43 Å². The lowest BCUT2D eigenvalue weighted by atomic mass is 10.5. The molecule has 48 valence electrons. The summed E-state index contributed by atoms with van der Waals surface area (Å²) in [5, 5.41) is 0. The van der Waals surface area contributed by atoms with Crippen LogP contribution in [0.1, 0.15) is 0 Å². The van der Waals surface area contributed by atoms with E-state index in [1.54, 1.807) is 11.7 Å². The molecule has 0 aliphatic heterocycles. The summed E-state index contributed by atoms with van der Waals surface area (Å²) in [4.78, 5) is 0. The van der Waals surface area contributed by atoms with Gasteiger partial charge in [-0.1, -0.05) is 7.05 Å².